The van der Waals surface area contributed by atoms with Gasteiger partial charge in [0.25, 0.3) is 5.91 Å². The van der Waals surface area contributed by atoms with E-state index in [0.29, 0.717) is 18.4 Å². The lowest BCUT2D eigenvalue weighted by molar-refractivity contribution is -0.126. The highest BCUT2D eigenvalue weighted by molar-refractivity contribution is 7.89. The van der Waals surface area contributed by atoms with E-state index in [4.69, 9.17) is 11.6 Å². The zero-order chi connectivity index (χ0) is 20.1. The van der Waals surface area contributed by atoms with E-state index >= 15 is 0 Å². The van der Waals surface area contributed by atoms with Gasteiger partial charge < -0.3 is 0 Å². The molecule has 2 aromatic rings. The summed E-state index contributed by atoms with van der Waals surface area (Å²) >= 11 is 5.91. The number of rotatable bonds is 4. The third-order valence-corrected chi connectivity index (χ3v) is 6.85. The molecule has 1 aromatic carbocycles. The summed E-state index contributed by atoms with van der Waals surface area (Å²) in [6.07, 6.45) is 2.09. The maximum Gasteiger partial charge on any atom is 0.269 e. The number of carbonyl (C=O) groups excluding carboxylic acids is 2. The van der Waals surface area contributed by atoms with Crippen molar-refractivity contribution in [2.75, 3.05) is 13.1 Å². The average Bonchev–Trinajstić information content (AvgIpc) is 2.72. The van der Waals surface area contributed by atoms with Crippen molar-refractivity contribution in [3.63, 3.8) is 0 Å². The molecule has 3 rings (SSSR count). The van der Waals surface area contributed by atoms with Crippen molar-refractivity contribution in [2.24, 2.45) is 5.92 Å². The first-order chi connectivity index (χ1) is 13.4. The van der Waals surface area contributed by atoms with Gasteiger partial charge in [-0.15, -0.1) is 0 Å². The molecule has 1 aliphatic rings. The van der Waals surface area contributed by atoms with Gasteiger partial charge in [0.2, 0.25) is 15.9 Å². The van der Waals surface area contributed by atoms with Crippen molar-refractivity contribution in [2.45, 2.75) is 17.7 Å². The van der Waals surface area contributed by atoms with Crippen molar-refractivity contribution >= 4 is 33.4 Å². The van der Waals surface area contributed by atoms with E-state index in [1.165, 1.54) is 22.6 Å². The molecule has 2 amide bonds. The number of carbonyl (C=O) groups is 2. The Hall–Kier alpha value is -2.49. The van der Waals surface area contributed by atoms with Gasteiger partial charge in [0.05, 0.1) is 0 Å². The highest BCUT2D eigenvalue weighted by atomic mass is 35.5. The molecule has 0 atom stereocenters. The number of piperidine rings is 1. The molecule has 1 saturated heterocycles. The van der Waals surface area contributed by atoms with Gasteiger partial charge in [0.1, 0.15) is 10.0 Å². The summed E-state index contributed by atoms with van der Waals surface area (Å²) in [5, 5.41) is -0.0778. The fourth-order valence-corrected chi connectivity index (χ4v) is 4.84. The van der Waals surface area contributed by atoms with Gasteiger partial charge in [-0.2, -0.15) is 4.31 Å². The van der Waals surface area contributed by atoms with Crippen LogP contribution in [-0.4, -0.2) is 42.6 Å². The molecule has 10 heteroatoms. The normalized spacial score (nSPS) is 15.8. The molecule has 0 spiro atoms. The molecule has 0 aliphatic carbocycles. The highest BCUT2D eigenvalue weighted by Crippen LogP contribution is 2.26. The van der Waals surface area contributed by atoms with Gasteiger partial charge >= 0.3 is 0 Å². The summed E-state index contributed by atoms with van der Waals surface area (Å²) in [5.74, 6) is -1.16. The summed E-state index contributed by atoms with van der Waals surface area (Å²) in [6, 6.07) is 11.4. The lowest BCUT2D eigenvalue weighted by atomic mass is 9.98. The Labute approximate surface area is 167 Å². The van der Waals surface area contributed by atoms with Crippen molar-refractivity contribution in [1.82, 2.24) is 20.1 Å². The topological polar surface area (TPSA) is 108 Å². The van der Waals surface area contributed by atoms with Crippen LogP contribution in [0.25, 0.3) is 0 Å². The number of benzene rings is 1. The minimum absolute atomic E-state index is 0.0466. The first kappa shape index (κ1) is 20.2. The van der Waals surface area contributed by atoms with Crippen LogP contribution in [0.3, 0.4) is 0 Å². The molecule has 0 bridgehead atoms. The van der Waals surface area contributed by atoms with Crippen LogP contribution in [-0.2, 0) is 14.8 Å². The van der Waals surface area contributed by atoms with Crippen molar-refractivity contribution in [1.29, 1.82) is 0 Å². The van der Waals surface area contributed by atoms with Crippen LogP contribution in [0.1, 0.15) is 23.2 Å². The second-order valence-electron chi connectivity index (χ2n) is 6.28. The van der Waals surface area contributed by atoms with Crippen molar-refractivity contribution in [3.8, 4) is 0 Å². The number of pyridine rings is 1. The van der Waals surface area contributed by atoms with Gasteiger partial charge in [0, 0.05) is 30.8 Å². The predicted molar refractivity (Wildman–Crippen MR) is 103 cm³/mol. The van der Waals surface area contributed by atoms with Crippen LogP contribution in [0.5, 0.6) is 0 Å². The third-order valence-electron chi connectivity index (χ3n) is 4.50. The summed E-state index contributed by atoms with van der Waals surface area (Å²) < 4.78 is 26.7. The second kappa shape index (κ2) is 8.68. The molecule has 0 unspecified atom stereocenters. The minimum Gasteiger partial charge on any atom is -0.273 e. The molecule has 1 aromatic heterocycles. The van der Waals surface area contributed by atoms with Crippen LogP contribution in [0.2, 0.25) is 5.15 Å². The monoisotopic (exact) mass is 422 g/mol. The fourth-order valence-electron chi connectivity index (χ4n) is 2.94. The van der Waals surface area contributed by atoms with E-state index in [1.807, 2.05) is 0 Å². The number of amides is 2. The zero-order valence-electron chi connectivity index (χ0n) is 14.8. The Morgan fingerprint density at radius 3 is 2.36 bits per heavy atom. The Morgan fingerprint density at radius 2 is 1.71 bits per heavy atom. The van der Waals surface area contributed by atoms with E-state index in [-0.39, 0.29) is 29.0 Å². The SMILES string of the molecule is O=C(NNC(=O)C1CCN(S(=O)(=O)c2cccnc2Cl)CC1)c1ccccc1. The van der Waals surface area contributed by atoms with Gasteiger partial charge in [-0.05, 0) is 37.1 Å². The Bertz CT molecular complexity index is 961. The number of aromatic nitrogens is 1. The first-order valence-electron chi connectivity index (χ1n) is 8.65. The number of halogens is 1. The molecule has 2 N–H and O–H groups in total. The second-order valence-corrected chi connectivity index (χ2v) is 8.54. The van der Waals surface area contributed by atoms with Gasteiger partial charge in [-0.1, -0.05) is 29.8 Å². The van der Waals surface area contributed by atoms with E-state index in [9.17, 15) is 18.0 Å². The lowest BCUT2D eigenvalue weighted by Gasteiger charge is -2.30. The van der Waals surface area contributed by atoms with E-state index in [1.54, 1.807) is 30.3 Å². The molecule has 8 nitrogen and oxygen atoms in total. The fraction of sp³-hybridized carbons (Fsp3) is 0.278. The Balaban J connectivity index is 1.54. The predicted octanol–water partition coefficient (Wildman–Crippen LogP) is 1.60. The number of hydrazine groups is 1. The van der Waals surface area contributed by atoms with Gasteiger partial charge in [-0.25, -0.2) is 13.4 Å². The largest absolute Gasteiger partial charge is 0.273 e. The van der Waals surface area contributed by atoms with Crippen molar-refractivity contribution < 1.29 is 18.0 Å². The average molecular weight is 423 g/mol. The summed E-state index contributed by atoms with van der Waals surface area (Å²) in [6.45, 7) is 0.358. The quantitative estimate of drug-likeness (QED) is 0.574. The number of hydrogen-bond acceptors (Lipinski definition) is 5. The smallest absolute Gasteiger partial charge is 0.269 e. The van der Waals surface area contributed by atoms with Crippen LogP contribution in [0, 0.1) is 5.92 Å². The molecular formula is C18H19ClN4O4S. The van der Waals surface area contributed by atoms with Crippen molar-refractivity contribution in [3.05, 3.63) is 59.4 Å². The number of nitrogens with one attached hydrogen (secondary N) is 2. The minimum atomic E-state index is -3.77. The molecule has 1 aliphatic heterocycles. The molecule has 28 heavy (non-hydrogen) atoms. The summed E-state index contributed by atoms with van der Waals surface area (Å²) in [5.41, 5.74) is 5.21. The van der Waals surface area contributed by atoms with E-state index in [0.717, 1.165) is 0 Å². The van der Waals surface area contributed by atoms with Gasteiger partial charge in [0.15, 0.2) is 0 Å². The zero-order valence-corrected chi connectivity index (χ0v) is 16.4. The maximum atomic E-state index is 12.7. The third kappa shape index (κ3) is 4.49. The van der Waals surface area contributed by atoms with Crippen LogP contribution in [0.4, 0.5) is 0 Å². The Morgan fingerprint density at radius 1 is 1.04 bits per heavy atom. The summed E-state index contributed by atoms with van der Waals surface area (Å²) in [4.78, 5) is 28.0. The van der Waals surface area contributed by atoms with E-state index < -0.39 is 21.8 Å². The molecule has 0 saturated carbocycles. The number of hydrogen-bond donors (Lipinski definition) is 2. The number of nitrogens with zero attached hydrogens (tertiary/aromatic N) is 2. The van der Waals surface area contributed by atoms with Gasteiger partial charge in [-0.3, -0.25) is 20.4 Å². The number of sulfonamides is 1. The standard InChI is InChI=1S/C18H19ClN4O4S/c19-16-15(7-4-10-20-16)28(26,27)23-11-8-14(9-12-23)18(25)22-21-17(24)13-5-2-1-3-6-13/h1-7,10,14H,8-9,11-12H2,(H,21,24)(H,22,25). The summed E-state index contributed by atoms with van der Waals surface area (Å²) in [7, 11) is -3.77. The molecule has 2 heterocycles. The molecular weight excluding hydrogens is 404 g/mol. The lowest BCUT2D eigenvalue weighted by Crippen LogP contribution is -2.48. The van der Waals surface area contributed by atoms with Crippen LogP contribution < -0.4 is 10.9 Å². The molecule has 0 radical (unpaired) electrons. The molecule has 148 valence electrons. The maximum absolute atomic E-state index is 12.7. The van der Waals surface area contributed by atoms with Crippen LogP contribution in [0.15, 0.2) is 53.6 Å². The van der Waals surface area contributed by atoms with E-state index in [2.05, 4.69) is 15.8 Å². The highest BCUT2D eigenvalue weighted by Gasteiger charge is 2.33. The molecule has 1 fully saturated rings. The Kier molecular flexibility index (Phi) is 6.28. The first-order valence-corrected chi connectivity index (χ1v) is 10.5. The van der Waals surface area contributed by atoms with Crippen LogP contribution >= 0.6 is 11.6 Å².